The normalized spacial score (nSPS) is 12.9. The maximum absolute atomic E-state index is 14.7. The first-order chi connectivity index (χ1) is 17.9. The van der Waals surface area contributed by atoms with Gasteiger partial charge >= 0.3 is 0 Å². The van der Waals surface area contributed by atoms with E-state index in [0.717, 1.165) is 0 Å². The lowest BCUT2D eigenvalue weighted by molar-refractivity contribution is -0.139. The quantitative estimate of drug-likeness (QED) is 0.262. The second kappa shape index (κ2) is 12.2. The van der Waals surface area contributed by atoms with Gasteiger partial charge in [-0.15, -0.1) is 0 Å². The lowest BCUT2D eigenvalue weighted by Gasteiger charge is -2.29. The Bertz CT molecular complexity index is 1350. The lowest BCUT2D eigenvalue weighted by atomic mass is 10.1. The SMILES string of the molecule is CC(CO)N(CC(=O)NC(CN(C)C)c1cccc(Cl)c1F)C(=O)Cn1nc(C(N)=O)c2cc(N)ccc21. The summed E-state index contributed by atoms with van der Waals surface area (Å²) >= 11 is 5.94. The highest BCUT2D eigenvalue weighted by Crippen LogP contribution is 2.24. The second-order valence-corrected chi connectivity index (χ2v) is 9.63. The molecule has 2 atom stereocenters. The molecule has 3 amide bonds. The van der Waals surface area contributed by atoms with E-state index < -0.39 is 48.8 Å². The zero-order chi connectivity index (χ0) is 28.1. The van der Waals surface area contributed by atoms with Crippen molar-refractivity contribution in [3.05, 3.63) is 58.5 Å². The Morgan fingerprint density at radius 3 is 2.58 bits per heavy atom. The summed E-state index contributed by atoms with van der Waals surface area (Å²) in [6.07, 6.45) is 0. The van der Waals surface area contributed by atoms with Gasteiger partial charge in [0.25, 0.3) is 5.91 Å². The maximum Gasteiger partial charge on any atom is 0.269 e. The first kappa shape index (κ1) is 28.8. The monoisotopic (exact) mass is 547 g/mol. The molecular weight excluding hydrogens is 517 g/mol. The van der Waals surface area contributed by atoms with Gasteiger partial charge in [-0.25, -0.2) is 4.39 Å². The summed E-state index contributed by atoms with van der Waals surface area (Å²) in [7, 11) is 3.54. The van der Waals surface area contributed by atoms with Crippen LogP contribution in [0.25, 0.3) is 10.9 Å². The third kappa shape index (κ3) is 6.57. The third-order valence-electron chi connectivity index (χ3n) is 5.96. The lowest BCUT2D eigenvalue weighted by Crippen LogP contribution is -2.49. The van der Waals surface area contributed by atoms with E-state index >= 15 is 0 Å². The zero-order valence-corrected chi connectivity index (χ0v) is 22.1. The van der Waals surface area contributed by atoms with Crippen molar-refractivity contribution in [3.8, 4) is 0 Å². The van der Waals surface area contributed by atoms with Crippen LogP contribution in [0.4, 0.5) is 10.1 Å². The number of halogens is 2. The molecule has 0 bridgehead atoms. The van der Waals surface area contributed by atoms with E-state index in [2.05, 4.69) is 10.4 Å². The third-order valence-corrected chi connectivity index (χ3v) is 6.26. The molecule has 0 aliphatic rings. The summed E-state index contributed by atoms with van der Waals surface area (Å²) in [4.78, 5) is 41.2. The van der Waals surface area contributed by atoms with Crippen LogP contribution in [0.5, 0.6) is 0 Å². The number of aliphatic hydroxyl groups is 1. The van der Waals surface area contributed by atoms with Crippen LogP contribution in [-0.4, -0.2) is 82.2 Å². The van der Waals surface area contributed by atoms with E-state index in [4.69, 9.17) is 23.1 Å². The fourth-order valence-electron chi connectivity index (χ4n) is 4.08. The second-order valence-electron chi connectivity index (χ2n) is 9.23. The van der Waals surface area contributed by atoms with Crippen LogP contribution in [-0.2, 0) is 16.1 Å². The molecule has 3 aromatic rings. The van der Waals surface area contributed by atoms with Crippen molar-refractivity contribution >= 4 is 45.9 Å². The Kier molecular flexibility index (Phi) is 9.26. The minimum atomic E-state index is -0.785. The number of primary amides is 1. The van der Waals surface area contributed by atoms with Crippen molar-refractivity contribution in [3.63, 3.8) is 0 Å². The molecule has 204 valence electrons. The largest absolute Gasteiger partial charge is 0.399 e. The molecule has 0 radical (unpaired) electrons. The predicted octanol–water partition coefficient (Wildman–Crippen LogP) is 1.14. The van der Waals surface area contributed by atoms with Crippen LogP contribution >= 0.6 is 11.6 Å². The number of nitrogens with two attached hydrogens (primary N) is 2. The predicted molar refractivity (Wildman–Crippen MR) is 142 cm³/mol. The minimum Gasteiger partial charge on any atom is -0.399 e. The van der Waals surface area contributed by atoms with E-state index in [1.54, 1.807) is 44.1 Å². The van der Waals surface area contributed by atoms with Gasteiger partial charge in [-0.3, -0.25) is 19.1 Å². The highest BCUT2D eigenvalue weighted by atomic mass is 35.5. The Morgan fingerprint density at radius 2 is 1.95 bits per heavy atom. The van der Waals surface area contributed by atoms with Gasteiger partial charge < -0.3 is 31.7 Å². The average Bonchev–Trinajstić information content (AvgIpc) is 3.20. The van der Waals surface area contributed by atoms with Crippen LogP contribution in [0.15, 0.2) is 36.4 Å². The molecule has 1 aromatic heterocycles. The molecule has 6 N–H and O–H groups in total. The number of nitrogens with zero attached hydrogens (tertiary/aromatic N) is 4. The van der Waals surface area contributed by atoms with Gasteiger partial charge in [0.15, 0.2) is 5.69 Å². The number of carbonyl (C=O) groups is 3. The van der Waals surface area contributed by atoms with E-state index in [1.807, 2.05) is 0 Å². The van der Waals surface area contributed by atoms with Gasteiger partial charge in [0.2, 0.25) is 11.8 Å². The number of nitrogens with one attached hydrogen (secondary N) is 1. The van der Waals surface area contributed by atoms with Crippen LogP contribution in [0.1, 0.15) is 29.0 Å². The number of hydrogen-bond acceptors (Lipinski definition) is 7. The summed E-state index contributed by atoms with van der Waals surface area (Å²) in [5, 5.41) is 17.0. The molecule has 0 spiro atoms. The van der Waals surface area contributed by atoms with Crippen molar-refractivity contribution in [2.24, 2.45) is 5.73 Å². The Morgan fingerprint density at radius 1 is 1.24 bits per heavy atom. The highest BCUT2D eigenvalue weighted by Gasteiger charge is 2.27. The molecule has 13 heteroatoms. The molecule has 0 saturated heterocycles. The van der Waals surface area contributed by atoms with Crippen LogP contribution in [0.2, 0.25) is 5.02 Å². The first-order valence-corrected chi connectivity index (χ1v) is 12.1. The van der Waals surface area contributed by atoms with Gasteiger partial charge in [-0.05, 0) is 45.3 Å². The smallest absolute Gasteiger partial charge is 0.269 e. The number of amides is 3. The molecule has 0 fully saturated rings. The van der Waals surface area contributed by atoms with Crippen LogP contribution in [0, 0.1) is 5.82 Å². The molecule has 38 heavy (non-hydrogen) atoms. The van der Waals surface area contributed by atoms with E-state index in [-0.39, 0.29) is 29.4 Å². The number of likely N-dealkylation sites (N-methyl/N-ethyl adjacent to an activating group) is 1. The van der Waals surface area contributed by atoms with Gasteiger partial charge in [0.1, 0.15) is 12.4 Å². The van der Waals surface area contributed by atoms with Gasteiger partial charge in [0.05, 0.1) is 35.8 Å². The average molecular weight is 548 g/mol. The Hall–Kier alpha value is -3.74. The molecule has 0 aliphatic heterocycles. The Labute approximate surface area is 224 Å². The van der Waals surface area contributed by atoms with Crippen molar-refractivity contribution in [2.75, 3.05) is 39.5 Å². The summed E-state index contributed by atoms with van der Waals surface area (Å²) in [6, 6.07) is 7.78. The molecule has 2 unspecified atom stereocenters. The number of nitrogen functional groups attached to an aromatic ring is 1. The molecule has 0 saturated carbocycles. The van der Waals surface area contributed by atoms with Crippen molar-refractivity contribution < 1.29 is 23.9 Å². The van der Waals surface area contributed by atoms with Crippen LogP contribution in [0.3, 0.4) is 0 Å². The summed E-state index contributed by atoms with van der Waals surface area (Å²) in [6.45, 7) is 0.684. The molecule has 11 nitrogen and oxygen atoms in total. The summed E-state index contributed by atoms with van der Waals surface area (Å²) < 4.78 is 16.0. The topological polar surface area (TPSA) is 160 Å². The number of rotatable bonds is 11. The summed E-state index contributed by atoms with van der Waals surface area (Å²) in [5.74, 6) is -2.54. The molecular formula is C25H31ClFN7O4. The van der Waals surface area contributed by atoms with Gasteiger partial charge in [-0.2, -0.15) is 5.10 Å². The fraction of sp³-hybridized carbons (Fsp3) is 0.360. The molecule has 3 rings (SSSR count). The van der Waals surface area contributed by atoms with Crippen molar-refractivity contribution in [1.82, 2.24) is 24.9 Å². The number of aliphatic hydroxyl groups excluding tert-OH is 1. The maximum atomic E-state index is 14.7. The zero-order valence-electron chi connectivity index (χ0n) is 21.3. The number of carbonyl (C=O) groups excluding carboxylic acids is 3. The van der Waals surface area contributed by atoms with E-state index in [0.29, 0.717) is 16.6 Å². The number of anilines is 1. The number of hydrogen-bond donors (Lipinski definition) is 4. The summed E-state index contributed by atoms with van der Waals surface area (Å²) in [5.41, 5.74) is 12.3. The first-order valence-electron chi connectivity index (χ1n) is 11.8. The standard InChI is InChI=1S/C25H31ClFN7O4/c1-14(13-35)33(11-21(36)30-19(10-32(2)3)16-5-4-6-18(26)23(16)27)22(37)12-34-20-8-7-15(28)9-17(20)24(31-34)25(29)38/h4-9,14,19,35H,10-13,28H2,1-3H3,(H2,29,38)(H,30,36). The van der Waals surface area contributed by atoms with Crippen molar-refractivity contribution in [1.29, 1.82) is 0 Å². The van der Waals surface area contributed by atoms with Gasteiger partial charge in [0, 0.05) is 23.2 Å². The minimum absolute atomic E-state index is 0.0466. The van der Waals surface area contributed by atoms with E-state index in [9.17, 15) is 23.9 Å². The molecule has 1 heterocycles. The van der Waals surface area contributed by atoms with Crippen LogP contribution < -0.4 is 16.8 Å². The van der Waals surface area contributed by atoms with Gasteiger partial charge in [-0.1, -0.05) is 23.7 Å². The fourth-order valence-corrected chi connectivity index (χ4v) is 4.26. The van der Waals surface area contributed by atoms with Crippen molar-refractivity contribution in [2.45, 2.75) is 25.6 Å². The number of aromatic nitrogens is 2. The molecule has 2 aromatic carbocycles. The van der Waals surface area contributed by atoms with E-state index in [1.165, 1.54) is 27.8 Å². The Balaban J connectivity index is 1.84. The highest BCUT2D eigenvalue weighted by molar-refractivity contribution is 6.30. The molecule has 0 aliphatic carbocycles. The number of fused-ring (bicyclic) bond motifs is 1. The number of benzene rings is 2.